The van der Waals surface area contributed by atoms with E-state index in [0.717, 1.165) is 4.68 Å². The largest absolute Gasteiger partial charge is 0.408 e. The molecular formula is C8H13F3N4. The standard InChI is InChI=1S/C8H13F3N4/c9-8(10,11)6-15-7(1-3-14-15)5-13-4-2-12/h1,3,13H,2,4-6,12H2. The van der Waals surface area contributed by atoms with Gasteiger partial charge in [0, 0.05) is 25.8 Å². The fourth-order valence-corrected chi connectivity index (χ4v) is 1.14. The van der Waals surface area contributed by atoms with Gasteiger partial charge in [-0.05, 0) is 6.07 Å². The monoisotopic (exact) mass is 222 g/mol. The van der Waals surface area contributed by atoms with Crippen molar-refractivity contribution in [2.75, 3.05) is 13.1 Å². The van der Waals surface area contributed by atoms with E-state index in [0.29, 0.717) is 25.3 Å². The summed E-state index contributed by atoms with van der Waals surface area (Å²) in [7, 11) is 0. The smallest absolute Gasteiger partial charge is 0.329 e. The van der Waals surface area contributed by atoms with Crippen LogP contribution < -0.4 is 11.1 Å². The van der Waals surface area contributed by atoms with Crippen molar-refractivity contribution < 1.29 is 13.2 Å². The molecule has 0 atom stereocenters. The zero-order valence-corrected chi connectivity index (χ0v) is 8.09. The van der Waals surface area contributed by atoms with E-state index in [1.165, 1.54) is 6.20 Å². The fourth-order valence-electron chi connectivity index (χ4n) is 1.14. The van der Waals surface area contributed by atoms with E-state index in [9.17, 15) is 13.2 Å². The van der Waals surface area contributed by atoms with Gasteiger partial charge in [0.2, 0.25) is 0 Å². The van der Waals surface area contributed by atoms with E-state index >= 15 is 0 Å². The Balaban J connectivity index is 2.53. The second kappa shape index (κ2) is 5.13. The number of hydrogen-bond donors (Lipinski definition) is 2. The minimum atomic E-state index is -4.24. The van der Waals surface area contributed by atoms with Crippen LogP contribution in [0.1, 0.15) is 5.69 Å². The third kappa shape index (κ3) is 4.30. The highest BCUT2D eigenvalue weighted by molar-refractivity contribution is 5.00. The number of halogens is 3. The lowest BCUT2D eigenvalue weighted by molar-refractivity contribution is -0.143. The average molecular weight is 222 g/mol. The predicted molar refractivity (Wildman–Crippen MR) is 49.0 cm³/mol. The van der Waals surface area contributed by atoms with E-state index in [1.807, 2.05) is 0 Å². The molecule has 0 radical (unpaired) electrons. The molecule has 3 N–H and O–H groups in total. The van der Waals surface area contributed by atoms with Crippen molar-refractivity contribution in [1.82, 2.24) is 15.1 Å². The van der Waals surface area contributed by atoms with Gasteiger partial charge < -0.3 is 11.1 Å². The number of nitrogens with two attached hydrogens (primary N) is 1. The van der Waals surface area contributed by atoms with Crippen molar-refractivity contribution in [3.63, 3.8) is 0 Å². The molecule has 0 aromatic carbocycles. The van der Waals surface area contributed by atoms with Crippen molar-refractivity contribution in [1.29, 1.82) is 0 Å². The average Bonchev–Trinajstić information content (AvgIpc) is 2.50. The number of nitrogens with one attached hydrogen (secondary N) is 1. The van der Waals surface area contributed by atoms with Gasteiger partial charge in [-0.1, -0.05) is 0 Å². The van der Waals surface area contributed by atoms with Gasteiger partial charge in [-0.15, -0.1) is 0 Å². The second-order valence-electron chi connectivity index (χ2n) is 3.06. The Morgan fingerprint density at radius 3 is 2.80 bits per heavy atom. The molecule has 0 aliphatic rings. The van der Waals surface area contributed by atoms with Crippen molar-refractivity contribution in [3.8, 4) is 0 Å². The zero-order chi connectivity index (χ0) is 11.3. The Kier molecular flexibility index (Phi) is 4.10. The summed E-state index contributed by atoms with van der Waals surface area (Å²) in [6, 6.07) is 1.55. The van der Waals surface area contributed by atoms with Crippen LogP contribution in [-0.4, -0.2) is 29.0 Å². The van der Waals surface area contributed by atoms with Crippen molar-refractivity contribution in [2.24, 2.45) is 5.73 Å². The Labute approximate surface area is 85.2 Å². The summed E-state index contributed by atoms with van der Waals surface area (Å²) < 4.78 is 37.2. The number of nitrogens with zero attached hydrogens (tertiary/aromatic N) is 2. The van der Waals surface area contributed by atoms with Crippen LogP contribution in [0.25, 0.3) is 0 Å². The Morgan fingerprint density at radius 1 is 1.47 bits per heavy atom. The first-order valence-corrected chi connectivity index (χ1v) is 4.51. The summed E-state index contributed by atoms with van der Waals surface area (Å²) in [6.07, 6.45) is -2.89. The first kappa shape index (κ1) is 12.0. The molecule has 1 aromatic rings. The third-order valence-electron chi connectivity index (χ3n) is 1.76. The maximum absolute atomic E-state index is 12.1. The fraction of sp³-hybridized carbons (Fsp3) is 0.625. The molecule has 0 aliphatic heterocycles. The van der Waals surface area contributed by atoms with Gasteiger partial charge in [0.15, 0.2) is 0 Å². The van der Waals surface area contributed by atoms with Crippen LogP contribution in [0.3, 0.4) is 0 Å². The van der Waals surface area contributed by atoms with Crippen molar-refractivity contribution >= 4 is 0 Å². The highest BCUT2D eigenvalue weighted by Crippen LogP contribution is 2.17. The minimum absolute atomic E-state index is 0.341. The van der Waals surface area contributed by atoms with Crippen molar-refractivity contribution in [3.05, 3.63) is 18.0 Å². The van der Waals surface area contributed by atoms with Gasteiger partial charge in [0.25, 0.3) is 0 Å². The lowest BCUT2D eigenvalue weighted by atomic mass is 10.4. The number of rotatable bonds is 5. The molecule has 7 heteroatoms. The van der Waals surface area contributed by atoms with E-state index in [-0.39, 0.29) is 0 Å². The Bertz CT molecular complexity index is 294. The molecule has 0 amide bonds. The molecule has 0 fully saturated rings. The zero-order valence-electron chi connectivity index (χ0n) is 8.09. The Hall–Kier alpha value is -1.08. The normalized spacial score (nSPS) is 12.0. The van der Waals surface area contributed by atoms with Gasteiger partial charge in [-0.2, -0.15) is 18.3 Å². The highest BCUT2D eigenvalue weighted by atomic mass is 19.4. The number of aromatic nitrogens is 2. The van der Waals surface area contributed by atoms with E-state index in [1.54, 1.807) is 6.07 Å². The van der Waals surface area contributed by atoms with E-state index < -0.39 is 12.7 Å². The molecule has 1 rings (SSSR count). The highest BCUT2D eigenvalue weighted by Gasteiger charge is 2.29. The summed E-state index contributed by atoms with van der Waals surface area (Å²) in [6.45, 7) is 0.303. The number of hydrogen-bond acceptors (Lipinski definition) is 3. The second-order valence-corrected chi connectivity index (χ2v) is 3.06. The first-order valence-electron chi connectivity index (χ1n) is 4.51. The van der Waals surface area contributed by atoms with Gasteiger partial charge in [-0.3, -0.25) is 4.68 Å². The van der Waals surface area contributed by atoms with Crippen LogP contribution >= 0.6 is 0 Å². The molecule has 0 saturated heterocycles. The molecule has 0 saturated carbocycles. The third-order valence-corrected chi connectivity index (χ3v) is 1.76. The summed E-state index contributed by atoms with van der Waals surface area (Å²) in [5.74, 6) is 0. The molecule has 0 aliphatic carbocycles. The predicted octanol–water partition coefficient (Wildman–Crippen LogP) is 0.494. The lowest BCUT2D eigenvalue weighted by Crippen LogP contribution is -2.26. The minimum Gasteiger partial charge on any atom is -0.329 e. The molecular weight excluding hydrogens is 209 g/mol. The molecule has 0 spiro atoms. The first-order chi connectivity index (χ1) is 7.03. The summed E-state index contributed by atoms with van der Waals surface area (Å²) in [4.78, 5) is 0. The number of alkyl halides is 3. The van der Waals surface area contributed by atoms with Crippen LogP contribution in [0, 0.1) is 0 Å². The summed E-state index contributed by atoms with van der Waals surface area (Å²) >= 11 is 0. The van der Waals surface area contributed by atoms with Gasteiger partial charge in [-0.25, -0.2) is 0 Å². The molecule has 1 heterocycles. The van der Waals surface area contributed by atoms with E-state index in [2.05, 4.69) is 10.4 Å². The summed E-state index contributed by atoms with van der Waals surface area (Å²) in [5, 5.41) is 6.52. The van der Waals surface area contributed by atoms with E-state index in [4.69, 9.17) is 5.73 Å². The topological polar surface area (TPSA) is 55.9 Å². The summed E-state index contributed by atoms with van der Waals surface area (Å²) in [5.41, 5.74) is 5.74. The van der Waals surface area contributed by atoms with Crippen molar-refractivity contribution in [2.45, 2.75) is 19.3 Å². The molecule has 15 heavy (non-hydrogen) atoms. The Morgan fingerprint density at radius 2 is 2.20 bits per heavy atom. The molecule has 0 unspecified atom stereocenters. The van der Waals surface area contributed by atoms with Gasteiger partial charge in [0.05, 0.1) is 5.69 Å². The van der Waals surface area contributed by atoms with Gasteiger partial charge in [0.1, 0.15) is 6.54 Å². The lowest BCUT2D eigenvalue weighted by Gasteiger charge is -2.10. The molecule has 0 bridgehead atoms. The SMILES string of the molecule is NCCNCc1ccnn1CC(F)(F)F. The molecule has 4 nitrogen and oxygen atoms in total. The molecule has 86 valence electrons. The maximum atomic E-state index is 12.1. The van der Waals surface area contributed by atoms with Crippen LogP contribution in [-0.2, 0) is 13.1 Å². The maximum Gasteiger partial charge on any atom is 0.408 e. The molecule has 1 aromatic heterocycles. The van der Waals surface area contributed by atoms with Crippen LogP contribution in [0.15, 0.2) is 12.3 Å². The van der Waals surface area contributed by atoms with Gasteiger partial charge >= 0.3 is 6.18 Å². The van der Waals surface area contributed by atoms with Crippen LogP contribution in [0.4, 0.5) is 13.2 Å². The quantitative estimate of drug-likeness (QED) is 0.713. The van der Waals surface area contributed by atoms with Crippen LogP contribution in [0.2, 0.25) is 0 Å². The van der Waals surface area contributed by atoms with Crippen LogP contribution in [0.5, 0.6) is 0 Å².